The first-order valence-electron chi connectivity index (χ1n) is 13.3. The molecule has 1 aromatic carbocycles. The molecule has 0 saturated carbocycles. The zero-order valence-corrected chi connectivity index (χ0v) is 22.5. The van der Waals surface area contributed by atoms with Crippen molar-refractivity contribution in [2.75, 3.05) is 82.5 Å². The minimum Gasteiger partial charge on any atom is -0.369 e. The molecule has 1 unspecified atom stereocenters. The summed E-state index contributed by atoms with van der Waals surface area (Å²) in [5.41, 5.74) is 3.90. The number of amides is 2. The fourth-order valence-corrected chi connectivity index (χ4v) is 5.22. The van der Waals surface area contributed by atoms with E-state index < -0.39 is 5.92 Å². The van der Waals surface area contributed by atoms with Crippen molar-refractivity contribution in [3.8, 4) is 0 Å². The van der Waals surface area contributed by atoms with Crippen LogP contribution in [0.3, 0.4) is 0 Å². The number of hydrogen-bond acceptors (Lipinski definition) is 9. The molecular formula is C27H37N9O2. The Morgan fingerprint density at radius 1 is 0.921 bits per heavy atom. The monoisotopic (exact) mass is 519 g/mol. The first kappa shape index (κ1) is 26.1. The zero-order chi connectivity index (χ0) is 26.6. The number of fused-ring (bicyclic) bond motifs is 2. The molecule has 202 valence electrons. The van der Waals surface area contributed by atoms with Gasteiger partial charge in [0.05, 0.1) is 11.3 Å². The van der Waals surface area contributed by atoms with Crippen molar-refractivity contribution in [1.29, 1.82) is 0 Å². The number of piperazine rings is 1. The lowest BCUT2D eigenvalue weighted by Gasteiger charge is -2.35. The summed E-state index contributed by atoms with van der Waals surface area (Å²) in [6.45, 7) is 6.63. The molecule has 11 nitrogen and oxygen atoms in total. The number of rotatable bonds is 1. The molecule has 0 aliphatic carbocycles. The summed E-state index contributed by atoms with van der Waals surface area (Å²) >= 11 is 0. The van der Waals surface area contributed by atoms with Gasteiger partial charge < -0.3 is 30.2 Å². The summed E-state index contributed by atoms with van der Waals surface area (Å²) in [6.07, 6.45) is 4.41. The Balaban J connectivity index is 1.48. The summed E-state index contributed by atoms with van der Waals surface area (Å²) < 4.78 is 0. The lowest BCUT2D eigenvalue weighted by Crippen LogP contribution is -2.45. The number of carbonyl (C=O) groups excluding carboxylic acids is 2. The van der Waals surface area contributed by atoms with Gasteiger partial charge in [-0.2, -0.15) is 0 Å². The van der Waals surface area contributed by atoms with Crippen LogP contribution < -0.4 is 15.5 Å². The van der Waals surface area contributed by atoms with Crippen molar-refractivity contribution in [3.63, 3.8) is 0 Å². The number of anilines is 3. The minimum atomic E-state index is -0.602. The molecule has 1 fully saturated rings. The number of aromatic nitrogens is 2. The van der Waals surface area contributed by atoms with E-state index in [1.807, 2.05) is 13.1 Å². The summed E-state index contributed by atoms with van der Waals surface area (Å²) in [7, 11) is 6.08. The Labute approximate surface area is 223 Å². The third-order valence-electron chi connectivity index (χ3n) is 7.53. The maximum absolute atomic E-state index is 12.9. The number of hydrogen-bond donors (Lipinski definition) is 2. The van der Waals surface area contributed by atoms with Gasteiger partial charge in [0, 0.05) is 71.2 Å². The molecule has 3 aliphatic heterocycles. The van der Waals surface area contributed by atoms with Gasteiger partial charge >= 0.3 is 0 Å². The van der Waals surface area contributed by atoms with Crippen molar-refractivity contribution >= 4 is 41.0 Å². The predicted molar refractivity (Wildman–Crippen MR) is 149 cm³/mol. The van der Waals surface area contributed by atoms with E-state index in [1.54, 1.807) is 11.1 Å². The molecule has 0 spiro atoms. The van der Waals surface area contributed by atoms with Crippen LogP contribution in [0.2, 0.25) is 0 Å². The van der Waals surface area contributed by atoms with E-state index in [0.29, 0.717) is 36.7 Å². The lowest BCUT2D eigenvalue weighted by atomic mass is 10.0. The van der Waals surface area contributed by atoms with Gasteiger partial charge in [-0.1, -0.05) is 0 Å². The molecular weight excluding hydrogens is 482 g/mol. The summed E-state index contributed by atoms with van der Waals surface area (Å²) in [5, 5.41) is 6.14. The van der Waals surface area contributed by atoms with Gasteiger partial charge in [0.2, 0.25) is 11.8 Å². The zero-order valence-electron chi connectivity index (χ0n) is 22.5. The van der Waals surface area contributed by atoms with Gasteiger partial charge in [0.1, 0.15) is 23.9 Å². The van der Waals surface area contributed by atoms with E-state index in [-0.39, 0.29) is 11.8 Å². The Morgan fingerprint density at radius 2 is 1.71 bits per heavy atom. The van der Waals surface area contributed by atoms with Crippen LogP contribution in [0.1, 0.15) is 29.9 Å². The predicted octanol–water partition coefficient (Wildman–Crippen LogP) is 1.76. The average Bonchev–Trinajstić information content (AvgIpc) is 3.23. The summed E-state index contributed by atoms with van der Waals surface area (Å²) in [5.74, 6) is 0.421. The highest BCUT2D eigenvalue weighted by Gasteiger charge is 2.34. The number of likely N-dealkylation sites (N-methyl/N-ethyl adjacent to an activating group) is 2. The number of aliphatic imine (C=N–C) groups is 1. The van der Waals surface area contributed by atoms with Crippen LogP contribution in [0, 0.1) is 0 Å². The molecule has 2 bridgehead atoms. The van der Waals surface area contributed by atoms with Crippen LogP contribution in [0.15, 0.2) is 29.5 Å². The second-order valence-electron chi connectivity index (χ2n) is 10.4. The molecule has 2 aromatic rings. The normalized spacial score (nSPS) is 21.9. The van der Waals surface area contributed by atoms with Gasteiger partial charge in [0.25, 0.3) is 0 Å². The topological polar surface area (TPSA) is 109 Å². The molecule has 5 rings (SSSR count). The molecule has 1 saturated heterocycles. The Hall–Kier alpha value is -3.57. The standard InChI is InChI=1S/C27H37N9O2/c1-33-11-13-36(14-12-33)22-7-6-20-15-19(22)17-34(2)9-4-5-23(37)35(3)10-8-28-25-24-21(16-29-20)27(38)32-26(24)31-18-30-25/h6-7,15-16,18,21H,4-5,8-14,17H2,1-3H3,(H2,28,30,31,32,38). The van der Waals surface area contributed by atoms with Crippen LogP contribution in [-0.2, 0) is 16.1 Å². The van der Waals surface area contributed by atoms with E-state index in [1.165, 1.54) is 17.6 Å². The van der Waals surface area contributed by atoms with Crippen LogP contribution in [-0.4, -0.2) is 110 Å². The SMILES string of the molecule is CN1CCN(c2ccc3cc2CN(C)CCCC(=O)N(C)CCNc2ncnc4c2C(C=N3)C(=O)N4)CC1. The molecule has 2 N–H and O–H groups in total. The first-order chi connectivity index (χ1) is 18.4. The summed E-state index contributed by atoms with van der Waals surface area (Å²) in [4.78, 5) is 47.8. The number of carbonyl (C=O) groups is 2. The third-order valence-corrected chi connectivity index (χ3v) is 7.53. The highest BCUT2D eigenvalue weighted by molar-refractivity contribution is 6.13. The quantitative estimate of drug-likeness (QED) is 0.587. The second kappa shape index (κ2) is 11.4. The van der Waals surface area contributed by atoms with E-state index >= 15 is 0 Å². The lowest BCUT2D eigenvalue weighted by molar-refractivity contribution is -0.129. The molecule has 38 heavy (non-hydrogen) atoms. The molecule has 2 amide bonds. The third kappa shape index (κ3) is 5.78. The number of nitrogens with zero attached hydrogens (tertiary/aromatic N) is 7. The smallest absolute Gasteiger partial charge is 0.238 e. The molecule has 3 aliphatic rings. The Morgan fingerprint density at radius 3 is 2.53 bits per heavy atom. The Kier molecular flexibility index (Phi) is 7.85. The minimum absolute atomic E-state index is 0.121. The Bertz CT molecular complexity index is 1210. The largest absolute Gasteiger partial charge is 0.369 e. The number of nitrogens with one attached hydrogen (secondary N) is 2. The van der Waals surface area contributed by atoms with Gasteiger partial charge in [-0.15, -0.1) is 0 Å². The molecule has 11 heteroatoms. The highest BCUT2D eigenvalue weighted by Crippen LogP contribution is 2.35. The van der Waals surface area contributed by atoms with Crippen molar-refractivity contribution in [2.45, 2.75) is 25.3 Å². The van der Waals surface area contributed by atoms with E-state index in [2.05, 4.69) is 61.5 Å². The first-order valence-corrected chi connectivity index (χ1v) is 13.3. The highest BCUT2D eigenvalue weighted by atomic mass is 16.2. The molecule has 1 atom stereocenters. The van der Waals surface area contributed by atoms with Crippen molar-refractivity contribution in [1.82, 2.24) is 24.7 Å². The van der Waals surface area contributed by atoms with E-state index in [9.17, 15) is 9.59 Å². The van der Waals surface area contributed by atoms with Crippen LogP contribution in [0.5, 0.6) is 0 Å². The van der Waals surface area contributed by atoms with Gasteiger partial charge in [0.15, 0.2) is 0 Å². The van der Waals surface area contributed by atoms with E-state index in [0.717, 1.165) is 51.4 Å². The van der Waals surface area contributed by atoms with Crippen molar-refractivity contribution in [2.24, 2.45) is 4.99 Å². The van der Waals surface area contributed by atoms with Crippen LogP contribution in [0.4, 0.5) is 23.0 Å². The van der Waals surface area contributed by atoms with Gasteiger partial charge in [-0.05, 0) is 50.8 Å². The van der Waals surface area contributed by atoms with Crippen molar-refractivity contribution in [3.05, 3.63) is 35.7 Å². The van der Waals surface area contributed by atoms with Crippen LogP contribution in [0.25, 0.3) is 0 Å². The second-order valence-corrected chi connectivity index (χ2v) is 10.4. The fraction of sp³-hybridized carbons (Fsp3) is 0.519. The van der Waals surface area contributed by atoms with Crippen molar-refractivity contribution < 1.29 is 9.59 Å². The molecule has 1 aromatic heterocycles. The fourth-order valence-electron chi connectivity index (χ4n) is 5.22. The van der Waals surface area contributed by atoms with Crippen LogP contribution >= 0.6 is 0 Å². The van der Waals surface area contributed by atoms with E-state index in [4.69, 9.17) is 4.99 Å². The maximum Gasteiger partial charge on any atom is 0.238 e. The number of benzene rings is 1. The molecule has 4 heterocycles. The molecule has 0 radical (unpaired) electrons. The van der Waals surface area contributed by atoms with Gasteiger partial charge in [-0.3, -0.25) is 14.6 Å². The summed E-state index contributed by atoms with van der Waals surface area (Å²) in [6, 6.07) is 6.29. The van der Waals surface area contributed by atoms with Gasteiger partial charge in [-0.25, -0.2) is 9.97 Å². The average molecular weight is 520 g/mol. The maximum atomic E-state index is 12.9.